The van der Waals surface area contributed by atoms with Crippen LogP contribution in [0, 0.1) is 0 Å². The Kier molecular flexibility index (Phi) is 5.97. The van der Waals surface area contributed by atoms with Gasteiger partial charge in [0.1, 0.15) is 17.1 Å². The molecule has 2 aliphatic rings. The smallest absolute Gasteiger partial charge is 0.263 e. The zero-order chi connectivity index (χ0) is 20.2. The first-order valence-electron chi connectivity index (χ1n) is 10.7. The Morgan fingerprint density at radius 1 is 1.17 bits per heavy atom. The molecule has 0 radical (unpaired) electrons. The van der Waals surface area contributed by atoms with E-state index in [1.807, 2.05) is 29.2 Å². The van der Waals surface area contributed by atoms with E-state index in [2.05, 4.69) is 9.97 Å². The van der Waals surface area contributed by atoms with Crippen molar-refractivity contribution in [3.8, 4) is 5.75 Å². The number of nitrogens with one attached hydrogen (secondary N) is 1. The Balaban J connectivity index is 1.63. The Morgan fingerprint density at radius 3 is 2.59 bits per heavy atom. The number of carbonyl (C=O) groups excluding carboxylic acids is 1. The van der Waals surface area contributed by atoms with Crippen LogP contribution in [0.15, 0.2) is 35.3 Å². The van der Waals surface area contributed by atoms with Crippen molar-refractivity contribution in [2.75, 3.05) is 7.11 Å². The van der Waals surface area contributed by atoms with Gasteiger partial charge >= 0.3 is 0 Å². The summed E-state index contributed by atoms with van der Waals surface area (Å²) in [6.07, 6.45) is 10.2. The maximum absolute atomic E-state index is 13.5. The third-order valence-corrected chi connectivity index (χ3v) is 6.03. The Bertz CT molecular complexity index is 912. The number of benzene rings is 1. The molecule has 1 N–H and O–H groups in total. The molecule has 2 aromatic rings. The van der Waals surface area contributed by atoms with Crippen molar-refractivity contribution in [2.45, 2.75) is 69.9 Å². The fourth-order valence-electron chi connectivity index (χ4n) is 4.18. The molecule has 0 atom stereocenters. The van der Waals surface area contributed by atoms with Crippen molar-refractivity contribution in [2.24, 2.45) is 0 Å². The van der Waals surface area contributed by atoms with E-state index in [0.29, 0.717) is 18.3 Å². The van der Waals surface area contributed by atoms with E-state index in [4.69, 9.17) is 4.74 Å². The fourth-order valence-corrected chi connectivity index (χ4v) is 4.18. The molecular formula is C23H29N3O3. The second kappa shape index (κ2) is 8.80. The molecule has 154 valence electrons. The fraction of sp³-hybridized carbons (Fsp3) is 0.522. The predicted molar refractivity (Wildman–Crippen MR) is 111 cm³/mol. The summed E-state index contributed by atoms with van der Waals surface area (Å²) in [4.78, 5) is 35.2. The lowest BCUT2D eigenvalue weighted by atomic mass is 10.0. The second-order valence-electron chi connectivity index (χ2n) is 8.22. The van der Waals surface area contributed by atoms with Crippen molar-refractivity contribution in [3.63, 3.8) is 0 Å². The molecule has 1 amide bonds. The molecule has 1 heterocycles. The summed E-state index contributed by atoms with van der Waals surface area (Å²) in [5, 5.41) is 0. The normalized spacial score (nSPS) is 17.6. The number of H-pyrrole nitrogens is 1. The molecule has 29 heavy (non-hydrogen) atoms. The largest absolute Gasteiger partial charge is 0.497 e. The summed E-state index contributed by atoms with van der Waals surface area (Å²) < 4.78 is 5.34. The Hall–Kier alpha value is -2.63. The SMILES string of the molecule is COc1cccc(CN(C(=O)c2cnc(C3CC3)[nH]c2=O)C2CCCCCC2)c1. The monoisotopic (exact) mass is 395 g/mol. The molecule has 0 bridgehead atoms. The lowest BCUT2D eigenvalue weighted by Crippen LogP contribution is -2.42. The van der Waals surface area contributed by atoms with Crippen LogP contribution in [0.25, 0.3) is 0 Å². The predicted octanol–water partition coefficient (Wildman–Crippen LogP) is 4.02. The molecule has 2 saturated carbocycles. The number of hydrogen-bond donors (Lipinski definition) is 1. The number of methoxy groups -OCH3 is 1. The lowest BCUT2D eigenvalue weighted by molar-refractivity contribution is 0.0639. The van der Waals surface area contributed by atoms with Gasteiger partial charge < -0.3 is 14.6 Å². The number of ether oxygens (including phenoxy) is 1. The van der Waals surface area contributed by atoms with Crippen LogP contribution in [-0.2, 0) is 6.54 Å². The highest BCUT2D eigenvalue weighted by Gasteiger charge is 2.30. The minimum absolute atomic E-state index is 0.138. The highest BCUT2D eigenvalue weighted by Crippen LogP contribution is 2.37. The Labute approximate surface area is 171 Å². The number of hydrogen-bond acceptors (Lipinski definition) is 4. The van der Waals surface area contributed by atoms with Gasteiger partial charge in [0.25, 0.3) is 11.5 Å². The first-order chi connectivity index (χ1) is 14.2. The number of nitrogens with zero attached hydrogens (tertiary/aromatic N) is 2. The number of aromatic amines is 1. The van der Waals surface area contributed by atoms with Gasteiger partial charge in [-0.15, -0.1) is 0 Å². The van der Waals surface area contributed by atoms with Crippen molar-refractivity contribution in [3.05, 3.63) is 57.8 Å². The van der Waals surface area contributed by atoms with Crippen LogP contribution >= 0.6 is 0 Å². The Morgan fingerprint density at radius 2 is 1.93 bits per heavy atom. The standard InChI is InChI=1S/C23H29N3O3/c1-29-19-10-6-7-16(13-19)15-26(18-8-4-2-3-5-9-18)23(28)20-14-24-21(17-11-12-17)25-22(20)27/h6-7,10,13-14,17-18H,2-5,8-9,11-12,15H2,1H3,(H,24,25,27). The van der Waals surface area contributed by atoms with Crippen LogP contribution in [0.2, 0.25) is 0 Å². The van der Waals surface area contributed by atoms with Crippen molar-refractivity contribution < 1.29 is 9.53 Å². The van der Waals surface area contributed by atoms with Crippen molar-refractivity contribution in [1.29, 1.82) is 0 Å². The van der Waals surface area contributed by atoms with Gasteiger partial charge in [0.2, 0.25) is 0 Å². The summed E-state index contributed by atoms with van der Waals surface area (Å²) in [6, 6.07) is 7.92. The van der Waals surface area contributed by atoms with Gasteiger partial charge in [-0.25, -0.2) is 4.98 Å². The van der Waals surface area contributed by atoms with Gasteiger partial charge in [0.15, 0.2) is 0 Å². The van der Waals surface area contributed by atoms with Crippen molar-refractivity contribution in [1.82, 2.24) is 14.9 Å². The van der Waals surface area contributed by atoms with Crippen molar-refractivity contribution >= 4 is 5.91 Å². The average molecular weight is 396 g/mol. The number of rotatable bonds is 6. The van der Waals surface area contributed by atoms with Gasteiger partial charge in [-0.2, -0.15) is 0 Å². The van der Waals surface area contributed by atoms with Crippen LogP contribution < -0.4 is 10.3 Å². The van der Waals surface area contributed by atoms with Gasteiger partial charge in [-0.3, -0.25) is 9.59 Å². The van der Waals surface area contributed by atoms with E-state index in [1.165, 1.54) is 19.0 Å². The van der Waals surface area contributed by atoms with Crippen LogP contribution in [0.5, 0.6) is 5.75 Å². The van der Waals surface area contributed by atoms with Gasteiger partial charge in [-0.1, -0.05) is 37.8 Å². The molecule has 0 spiro atoms. The van der Waals surface area contributed by atoms with Crippen LogP contribution in [0.3, 0.4) is 0 Å². The topological polar surface area (TPSA) is 75.3 Å². The maximum Gasteiger partial charge on any atom is 0.263 e. The summed E-state index contributed by atoms with van der Waals surface area (Å²) in [5.41, 5.74) is 0.818. The van der Waals surface area contributed by atoms with E-state index < -0.39 is 0 Å². The minimum atomic E-state index is -0.323. The molecule has 4 rings (SSSR count). The summed E-state index contributed by atoms with van der Waals surface area (Å²) in [7, 11) is 1.64. The number of amides is 1. The van der Waals surface area contributed by atoms with E-state index in [-0.39, 0.29) is 23.1 Å². The summed E-state index contributed by atoms with van der Waals surface area (Å²) >= 11 is 0. The average Bonchev–Trinajstić information content (AvgIpc) is 3.59. The zero-order valence-electron chi connectivity index (χ0n) is 17.0. The highest BCUT2D eigenvalue weighted by atomic mass is 16.5. The van der Waals surface area contributed by atoms with E-state index >= 15 is 0 Å². The molecule has 0 aliphatic heterocycles. The van der Waals surface area contributed by atoms with E-state index in [9.17, 15) is 9.59 Å². The quantitative estimate of drug-likeness (QED) is 0.750. The van der Waals surface area contributed by atoms with E-state index in [0.717, 1.165) is 49.8 Å². The molecular weight excluding hydrogens is 366 g/mol. The third kappa shape index (κ3) is 4.69. The summed E-state index contributed by atoms with van der Waals surface area (Å²) in [5.74, 6) is 1.60. The molecule has 2 fully saturated rings. The number of aromatic nitrogens is 2. The number of carbonyl (C=O) groups is 1. The lowest BCUT2D eigenvalue weighted by Gasteiger charge is -2.31. The second-order valence-corrected chi connectivity index (χ2v) is 8.22. The molecule has 2 aliphatic carbocycles. The van der Waals surface area contributed by atoms with Crippen LogP contribution in [0.1, 0.15) is 79.0 Å². The highest BCUT2D eigenvalue weighted by molar-refractivity contribution is 5.93. The van der Waals surface area contributed by atoms with Gasteiger partial charge in [0.05, 0.1) is 7.11 Å². The van der Waals surface area contributed by atoms with E-state index in [1.54, 1.807) is 7.11 Å². The van der Waals surface area contributed by atoms with Crippen LogP contribution in [0.4, 0.5) is 0 Å². The first kappa shape index (κ1) is 19.7. The first-order valence-corrected chi connectivity index (χ1v) is 10.7. The molecule has 6 heteroatoms. The molecule has 1 aromatic carbocycles. The molecule has 1 aromatic heterocycles. The summed E-state index contributed by atoms with van der Waals surface area (Å²) in [6.45, 7) is 0.463. The zero-order valence-corrected chi connectivity index (χ0v) is 17.0. The van der Waals surface area contributed by atoms with Crippen LogP contribution in [-0.4, -0.2) is 33.9 Å². The molecule has 0 unspecified atom stereocenters. The van der Waals surface area contributed by atoms with Gasteiger partial charge in [-0.05, 0) is 43.4 Å². The minimum Gasteiger partial charge on any atom is -0.497 e. The van der Waals surface area contributed by atoms with Gasteiger partial charge in [0, 0.05) is 24.7 Å². The maximum atomic E-state index is 13.5. The third-order valence-electron chi connectivity index (χ3n) is 6.03. The molecule has 0 saturated heterocycles. The molecule has 6 nitrogen and oxygen atoms in total.